The van der Waals surface area contributed by atoms with E-state index in [1.54, 1.807) is 17.4 Å². The van der Waals surface area contributed by atoms with Gasteiger partial charge in [0, 0.05) is 35.5 Å². The summed E-state index contributed by atoms with van der Waals surface area (Å²) >= 11 is 1.59. The Balaban J connectivity index is 1.40. The monoisotopic (exact) mass is 419 g/mol. The number of hydrogen-bond donors (Lipinski definition) is 1. The number of nitrogens with zero attached hydrogens (tertiary/aromatic N) is 2. The van der Waals surface area contributed by atoms with Crippen molar-refractivity contribution in [1.82, 2.24) is 9.97 Å². The first kappa shape index (κ1) is 20.4. The van der Waals surface area contributed by atoms with E-state index >= 15 is 0 Å². The molecule has 1 aliphatic heterocycles. The maximum atomic E-state index is 11.2. The fraction of sp³-hybridized carbons (Fsp3) is 0.333. The topological polar surface area (TPSA) is 72.0 Å². The highest BCUT2D eigenvalue weighted by atomic mass is 32.1. The summed E-state index contributed by atoms with van der Waals surface area (Å²) in [7, 11) is 0. The first-order valence-electron chi connectivity index (χ1n) is 10.4. The highest BCUT2D eigenvalue weighted by molar-refractivity contribution is 7.09. The van der Waals surface area contributed by atoms with E-state index in [9.17, 15) is 9.59 Å². The molecule has 154 valence electrons. The van der Waals surface area contributed by atoms with Gasteiger partial charge in [-0.15, -0.1) is 11.3 Å². The van der Waals surface area contributed by atoms with Crippen LogP contribution in [0, 0.1) is 0 Å². The van der Waals surface area contributed by atoms with Gasteiger partial charge in [-0.25, -0.2) is 9.97 Å². The van der Waals surface area contributed by atoms with E-state index < -0.39 is 0 Å². The molecule has 5 nitrogen and oxygen atoms in total. The van der Waals surface area contributed by atoms with Crippen LogP contribution >= 0.6 is 11.3 Å². The lowest BCUT2D eigenvalue weighted by atomic mass is 9.95. The van der Waals surface area contributed by atoms with Crippen LogP contribution in [0.2, 0.25) is 0 Å². The zero-order valence-electron chi connectivity index (χ0n) is 16.8. The van der Waals surface area contributed by atoms with Gasteiger partial charge in [-0.3, -0.25) is 4.79 Å². The van der Waals surface area contributed by atoms with E-state index in [0.29, 0.717) is 12.0 Å². The summed E-state index contributed by atoms with van der Waals surface area (Å²) in [6, 6.07) is 11.8. The normalized spacial score (nSPS) is 13.9. The third kappa shape index (κ3) is 4.82. The Morgan fingerprint density at radius 2 is 2.00 bits per heavy atom. The van der Waals surface area contributed by atoms with Crippen molar-refractivity contribution in [2.75, 3.05) is 11.9 Å². The summed E-state index contributed by atoms with van der Waals surface area (Å²) in [6.45, 7) is 1.00. The minimum absolute atomic E-state index is 0.102. The lowest BCUT2D eigenvalue weighted by molar-refractivity contribution is -0.108. The second-order valence-corrected chi connectivity index (χ2v) is 8.50. The molecule has 1 aliphatic rings. The van der Waals surface area contributed by atoms with Crippen molar-refractivity contribution in [3.8, 4) is 0 Å². The number of rotatable bonds is 9. The quantitative estimate of drug-likeness (QED) is 0.513. The van der Waals surface area contributed by atoms with Crippen molar-refractivity contribution >= 4 is 29.7 Å². The lowest BCUT2D eigenvalue weighted by Crippen LogP contribution is -2.14. The third-order valence-corrected chi connectivity index (χ3v) is 6.47. The van der Waals surface area contributed by atoms with Gasteiger partial charge in [0.15, 0.2) is 0 Å². The van der Waals surface area contributed by atoms with Crippen LogP contribution in [0.1, 0.15) is 63.1 Å². The van der Waals surface area contributed by atoms with Crippen LogP contribution in [-0.4, -0.2) is 29.1 Å². The zero-order valence-corrected chi connectivity index (χ0v) is 17.7. The number of thiazole rings is 1. The Labute approximate surface area is 180 Å². The van der Waals surface area contributed by atoms with Crippen molar-refractivity contribution in [3.05, 3.63) is 74.9 Å². The molecule has 0 bridgehead atoms. The molecular formula is C24H25N3O2S. The molecule has 1 aromatic carbocycles. The summed E-state index contributed by atoms with van der Waals surface area (Å²) in [5, 5.41) is 6.40. The van der Waals surface area contributed by atoms with Gasteiger partial charge in [0.05, 0.1) is 5.69 Å². The largest absolute Gasteiger partial charge is 0.370 e. The van der Waals surface area contributed by atoms with Crippen molar-refractivity contribution < 1.29 is 9.59 Å². The molecule has 0 amide bonds. The summed E-state index contributed by atoms with van der Waals surface area (Å²) in [5.41, 5.74) is 5.05. The van der Waals surface area contributed by atoms with Gasteiger partial charge in [-0.1, -0.05) is 24.3 Å². The van der Waals surface area contributed by atoms with Gasteiger partial charge in [-0.2, -0.15) is 0 Å². The van der Waals surface area contributed by atoms with Crippen LogP contribution in [0.5, 0.6) is 0 Å². The molecule has 1 unspecified atom stereocenters. The van der Waals surface area contributed by atoms with Gasteiger partial charge in [-0.05, 0) is 55.4 Å². The number of nitrogens with one attached hydrogen (secondary N) is 1. The van der Waals surface area contributed by atoms with Crippen molar-refractivity contribution in [1.29, 1.82) is 0 Å². The highest BCUT2D eigenvalue weighted by Gasteiger charge is 2.18. The molecule has 1 N–H and O–H groups in total. The average molecular weight is 420 g/mol. The Morgan fingerprint density at radius 1 is 1.10 bits per heavy atom. The number of benzene rings is 1. The zero-order chi connectivity index (χ0) is 20.8. The number of aromatic nitrogens is 2. The molecule has 0 aliphatic carbocycles. The number of pyridine rings is 1. The van der Waals surface area contributed by atoms with Crippen LogP contribution in [0.3, 0.4) is 0 Å². The van der Waals surface area contributed by atoms with Crippen molar-refractivity contribution in [2.24, 2.45) is 0 Å². The fourth-order valence-electron chi connectivity index (χ4n) is 3.88. The van der Waals surface area contributed by atoms with Gasteiger partial charge >= 0.3 is 0 Å². The Kier molecular flexibility index (Phi) is 6.64. The predicted molar refractivity (Wildman–Crippen MR) is 120 cm³/mol. The summed E-state index contributed by atoms with van der Waals surface area (Å²) < 4.78 is 0. The highest BCUT2D eigenvalue weighted by Crippen LogP contribution is 2.30. The molecule has 0 radical (unpaired) electrons. The van der Waals surface area contributed by atoms with Crippen molar-refractivity contribution in [3.63, 3.8) is 0 Å². The first-order chi connectivity index (χ1) is 14.8. The lowest BCUT2D eigenvalue weighted by Gasteiger charge is -2.17. The Morgan fingerprint density at radius 3 is 2.87 bits per heavy atom. The molecule has 1 atom stereocenters. The van der Waals surface area contributed by atoms with Gasteiger partial charge in [0.2, 0.25) is 0 Å². The standard InChI is InChI=1S/C24H25N3O2S/c28-13-11-22(19-5-1-4-17(14-19)15-29)24-27-21(16-30-24)8-2-7-20-10-9-18-6-3-12-25-23(18)26-20/h1,4-5,9-10,13-16,22H,2-3,6-8,11-12H2,(H,25,26). The summed E-state index contributed by atoms with van der Waals surface area (Å²) in [6.07, 6.45) is 7.18. The number of fused-ring (bicyclic) bond motifs is 1. The van der Waals surface area contributed by atoms with Gasteiger partial charge in [0.1, 0.15) is 23.4 Å². The minimum atomic E-state index is -0.102. The van der Waals surface area contributed by atoms with Gasteiger partial charge < -0.3 is 10.1 Å². The molecular weight excluding hydrogens is 394 g/mol. The number of carbonyl (C=O) groups is 2. The summed E-state index contributed by atoms with van der Waals surface area (Å²) in [4.78, 5) is 31.9. The van der Waals surface area contributed by atoms with Gasteiger partial charge in [0.25, 0.3) is 0 Å². The number of carbonyl (C=O) groups excluding carboxylic acids is 2. The van der Waals surface area contributed by atoms with Crippen LogP contribution < -0.4 is 5.32 Å². The first-order valence-corrected chi connectivity index (χ1v) is 11.3. The number of anilines is 1. The molecule has 0 saturated carbocycles. The van der Waals surface area contributed by atoms with Crippen LogP contribution in [0.25, 0.3) is 0 Å². The van der Waals surface area contributed by atoms with E-state index in [2.05, 4.69) is 22.8 Å². The molecule has 0 saturated heterocycles. The van der Waals surface area contributed by atoms with E-state index in [4.69, 9.17) is 9.97 Å². The maximum absolute atomic E-state index is 11.2. The maximum Gasteiger partial charge on any atom is 0.150 e. The number of aldehydes is 2. The molecule has 3 heterocycles. The predicted octanol–water partition coefficient (Wildman–Crippen LogP) is 4.60. The molecule has 30 heavy (non-hydrogen) atoms. The van der Waals surface area contributed by atoms with E-state index in [1.165, 1.54) is 12.0 Å². The summed E-state index contributed by atoms with van der Waals surface area (Å²) in [5.74, 6) is 0.943. The number of hydrogen-bond acceptors (Lipinski definition) is 6. The van der Waals surface area contributed by atoms with E-state index in [0.717, 1.165) is 72.6 Å². The molecule has 3 aromatic rings. The molecule has 0 fully saturated rings. The SMILES string of the molecule is O=CCC(c1cccc(C=O)c1)c1nc(CCCc2ccc3c(n2)NCCC3)cs1. The smallest absolute Gasteiger partial charge is 0.150 e. The molecule has 2 aromatic heterocycles. The van der Waals surface area contributed by atoms with Crippen LogP contribution in [0.15, 0.2) is 41.8 Å². The van der Waals surface area contributed by atoms with Crippen LogP contribution in [0.4, 0.5) is 5.82 Å². The second-order valence-electron chi connectivity index (χ2n) is 7.61. The minimum Gasteiger partial charge on any atom is -0.370 e. The second kappa shape index (κ2) is 9.76. The third-order valence-electron chi connectivity index (χ3n) is 5.47. The van der Waals surface area contributed by atoms with E-state index in [-0.39, 0.29) is 5.92 Å². The molecule has 0 spiro atoms. The van der Waals surface area contributed by atoms with E-state index in [1.807, 2.05) is 18.2 Å². The average Bonchev–Trinajstić information content (AvgIpc) is 3.26. The van der Waals surface area contributed by atoms with Crippen molar-refractivity contribution in [2.45, 2.75) is 44.4 Å². The molecule has 4 rings (SSSR count). The Hall–Kier alpha value is -2.86. The fourth-order valence-corrected chi connectivity index (χ4v) is 4.87. The molecule has 6 heteroatoms. The Bertz CT molecular complexity index is 1030. The van der Waals surface area contributed by atoms with Crippen LogP contribution in [-0.2, 0) is 24.1 Å². The number of aryl methyl sites for hydroxylation is 3.